The van der Waals surface area contributed by atoms with Crippen molar-refractivity contribution in [3.63, 3.8) is 0 Å². The van der Waals surface area contributed by atoms with Crippen molar-refractivity contribution in [3.05, 3.63) is 46.3 Å². The number of anilines is 2. The molecule has 1 aliphatic carbocycles. The van der Waals surface area contributed by atoms with Gasteiger partial charge in [0.15, 0.2) is 0 Å². The SMILES string of the molecule is CC(C)OC(=O)c1c(NC(=O)Nc2ccccc2)sc2c1CCCCCC2. The van der Waals surface area contributed by atoms with Crippen LogP contribution in [-0.2, 0) is 17.6 Å². The molecule has 144 valence electrons. The number of fused-ring (bicyclic) bond motifs is 1. The van der Waals surface area contributed by atoms with Crippen LogP contribution in [0.3, 0.4) is 0 Å². The fourth-order valence-electron chi connectivity index (χ4n) is 3.28. The summed E-state index contributed by atoms with van der Waals surface area (Å²) in [6, 6.07) is 8.90. The van der Waals surface area contributed by atoms with E-state index >= 15 is 0 Å². The number of ether oxygens (including phenoxy) is 1. The van der Waals surface area contributed by atoms with E-state index in [0.717, 1.165) is 31.2 Å². The Hall–Kier alpha value is -2.34. The highest BCUT2D eigenvalue weighted by molar-refractivity contribution is 7.17. The van der Waals surface area contributed by atoms with Gasteiger partial charge in [0.25, 0.3) is 0 Å². The molecule has 0 aliphatic heterocycles. The maximum absolute atomic E-state index is 12.8. The third kappa shape index (κ3) is 5.10. The Morgan fingerprint density at radius 2 is 1.70 bits per heavy atom. The number of carbonyl (C=O) groups excluding carboxylic acids is 2. The molecule has 1 aliphatic rings. The zero-order valence-corrected chi connectivity index (χ0v) is 16.7. The number of hydrogen-bond acceptors (Lipinski definition) is 4. The van der Waals surface area contributed by atoms with Gasteiger partial charge in [-0.15, -0.1) is 11.3 Å². The summed E-state index contributed by atoms with van der Waals surface area (Å²) >= 11 is 1.51. The Bertz CT molecular complexity index is 799. The highest BCUT2D eigenvalue weighted by Crippen LogP contribution is 2.37. The van der Waals surface area contributed by atoms with Gasteiger partial charge in [0.1, 0.15) is 5.00 Å². The molecule has 6 heteroatoms. The number of thiophene rings is 1. The van der Waals surface area contributed by atoms with E-state index < -0.39 is 0 Å². The van der Waals surface area contributed by atoms with Crippen molar-refractivity contribution >= 4 is 34.0 Å². The van der Waals surface area contributed by atoms with Crippen LogP contribution in [0.2, 0.25) is 0 Å². The molecule has 1 heterocycles. The summed E-state index contributed by atoms with van der Waals surface area (Å²) < 4.78 is 5.47. The highest BCUT2D eigenvalue weighted by atomic mass is 32.1. The van der Waals surface area contributed by atoms with Crippen LogP contribution in [0.5, 0.6) is 0 Å². The quantitative estimate of drug-likeness (QED) is 0.671. The Balaban J connectivity index is 1.87. The van der Waals surface area contributed by atoms with E-state index in [1.807, 2.05) is 44.2 Å². The van der Waals surface area contributed by atoms with Gasteiger partial charge in [-0.3, -0.25) is 5.32 Å². The summed E-state index contributed by atoms with van der Waals surface area (Å²) in [5, 5.41) is 6.27. The average Bonchev–Trinajstić information content (AvgIpc) is 2.91. The highest BCUT2D eigenvalue weighted by Gasteiger charge is 2.26. The summed E-state index contributed by atoms with van der Waals surface area (Å²) in [7, 11) is 0. The van der Waals surface area contributed by atoms with E-state index in [0.29, 0.717) is 16.3 Å². The lowest BCUT2D eigenvalue weighted by molar-refractivity contribution is 0.0378. The van der Waals surface area contributed by atoms with Crippen LogP contribution in [0.1, 0.15) is 60.3 Å². The number of benzene rings is 1. The van der Waals surface area contributed by atoms with Crippen LogP contribution in [-0.4, -0.2) is 18.1 Å². The molecular formula is C21H26N2O3S. The normalized spacial score (nSPS) is 14.0. The van der Waals surface area contributed by atoms with Crippen molar-refractivity contribution in [1.82, 2.24) is 0 Å². The second-order valence-corrected chi connectivity index (χ2v) is 8.13. The minimum atomic E-state index is -0.353. The van der Waals surface area contributed by atoms with E-state index in [2.05, 4.69) is 10.6 Å². The lowest BCUT2D eigenvalue weighted by atomic mass is 9.96. The van der Waals surface area contributed by atoms with E-state index in [9.17, 15) is 9.59 Å². The van der Waals surface area contributed by atoms with Gasteiger partial charge in [-0.05, 0) is 57.2 Å². The summed E-state index contributed by atoms with van der Waals surface area (Å²) in [4.78, 5) is 26.4. The Labute approximate surface area is 164 Å². The third-order valence-electron chi connectivity index (χ3n) is 4.48. The van der Waals surface area contributed by atoms with Crippen LogP contribution in [0.4, 0.5) is 15.5 Å². The van der Waals surface area contributed by atoms with Crippen molar-refractivity contribution in [1.29, 1.82) is 0 Å². The second kappa shape index (κ2) is 9.04. The number of carbonyl (C=O) groups is 2. The average molecular weight is 387 g/mol. The van der Waals surface area contributed by atoms with E-state index in [1.165, 1.54) is 29.1 Å². The standard InChI is InChI=1S/C21H26N2O3S/c1-14(2)26-20(24)18-16-12-8-3-4-9-13-17(16)27-19(18)23-21(25)22-15-10-6-5-7-11-15/h5-7,10-11,14H,3-4,8-9,12-13H2,1-2H3,(H2,22,23,25). The molecule has 0 saturated heterocycles. The van der Waals surface area contributed by atoms with Gasteiger partial charge in [-0.1, -0.05) is 31.0 Å². The van der Waals surface area contributed by atoms with Crippen LogP contribution < -0.4 is 10.6 Å². The molecule has 2 amide bonds. The van der Waals surface area contributed by atoms with E-state index in [4.69, 9.17) is 4.74 Å². The first-order chi connectivity index (χ1) is 13.0. The largest absolute Gasteiger partial charge is 0.459 e. The van der Waals surface area contributed by atoms with Crippen molar-refractivity contribution < 1.29 is 14.3 Å². The summed E-state index contributed by atoms with van der Waals surface area (Å²) in [5.74, 6) is -0.349. The zero-order valence-electron chi connectivity index (χ0n) is 15.8. The molecule has 0 fully saturated rings. The van der Waals surface area contributed by atoms with Crippen LogP contribution in [0.25, 0.3) is 0 Å². The molecular weight excluding hydrogens is 360 g/mol. The second-order valence-electron chi connectivity index (χ2n) is 7.02. The number of esters is 1. The van der Waals surface area contributed by atoms with E-state index in [1.54, 1.807) is 0 Å². The van der Waals surface area contributed by atoms with Gasteiger partial charge in [-0.25, -0.2) is 9.59 Å². The van der Waals surface area contributed by atoms with Gasteiger partial charge in [0, 0.05) is 10.6 Å². The molecule has 0 saturated carbocycles. The minimum Gasteiger partial charge on any atom is -0.459 e. The number of hydrogen-bond donors (Lipinski definition) is 2. The maximum atomic E-state index is 12.8. The number of aryl methyl sites for hydroxylation is 1. The number of rotatable bonds is 4. The maximum Gasteiger partial charge on any atom is 0.341 e. The van der Waals surface area contributed by atoms with Crippen molar-refractivity contribution in [3.8, 4) is 0 Å². The van der Waals surface area contributed by atoms with Crippen LogP contribution in [0.15, 0.2) is 30.3 Å². The number of para-hydroxylation sites is 1. The molecule has 3 rings (SSSR count). The first-order valence-electron chi connectivity index (χ1n) is 9.53. The van der Waals surface area contributed by atoms with E-state index in [-0.39, 0.29) is 18.1 Å². The zero-order chi connectivity index (χ0) is 19.2. The van der Waals surface area contributed by atoms with Crippen molar-refractivity contribution in [2.24, 2.45) is 0 Å². The number of amides is 2. The molecule has 2 N–H and O–H groups in total. The molecule has 5 nitrogen and oxygen atoms in total. The fourth-order valence-corrected chi connectivity index (χ4v) is 4.56. The molecule has 27 heavy (non-hydrogen) atoms. The molecule has 0 atom stereocenters. The van der Waals surface area contributed by atoms with Crippen LogP contribution in [0, 0.1) is 0 Å². The lowest BCUT2D eigenvalue weighted by Crippen LogP contribution is -2.21. The predicted octanol–water partition coefficient (Wildman–Crippen LogP) is 5.62. The van der Waals surface area contributed by atoms with Crippen molar-refractivity contribution in [2.45, 2.75) is 58.5 Å². The Kier molecular flexibility index (Phi) is 6.50. The lowest BCUT2D eigenvalue weighted by Gasteiger charge is -2.13. The minimum absolute atomic E-state index is 0.201. The van der Waals surface area contributed by atoms with Gasteiger partial charge >= 0.3 is 12.0 Å². The Morgan fingerprint density at radius 1 is 1.00 bits per heavy atom. The molecule has 2 aromatic rings. The number of nitrogens with one attached hydrogen (secondary N) is 2. The third-order valence-corrected chi connectivity index (χ3v) is 5.68. The molecule has 0 radical (unpaired) electrons. The van der Waals surface area contributed by atoms with Crippen LogP contribution >= 0.6 is 11.3 Å². The topological polar surface area (TPSA) is 67.4 Å². The molecule has 1 aromatic carbocycles. The summed E-state index contributed by atoms with van der Waals surface area (Å²) in [6.45, 7) is 3.67. The monoisotopic (exact) mass is 386 g/mol. The van der Waals surface area contributed by atoms with Crippen molar-refractivity contribution in [2.75, 3.05) is 10.6 Å². The smallest absolute Gasteiger partial charge is 0.341 e. The fraction of sp³-hybridized carbons (Fsp3) is 0.429. The molecule has 1 aromatic heterocycles. The predicted molar refractivity (Wildman–Crippen MR) is 110 cm³/mol. The first kappa shape index (κ1) is 19.4. The number of urea groups is 1. The van der Waals surface area contributed by atoms with Gasteiger partial charge in [0.2, 0.25) is 0 Å². The summed E-state index contributed by atoms with van der Waals surface area (Å²) in [6.07, 6.45) is 6.15. The van der Waals surface area contributed by atoms with Gasteiger partial charge < -0.3 is 10.1 Å². The van der Waals surface area contributed by atoms with Gasteiger partial charge in [0.05, 0.1) is 11.7 Å². The summed E-state index contributed by atoms with van der Waals surface area (Å²) in [5.41, 5.74) is 2.30. The molecule has 0 unspecified atom stereocenters. The Morgan fingerprint density at radius 3 is 2.41 bits per heavy atom. The van der Waals surface area contributed by atoms with Gasteiger partial charge in [-0.2, -0.15) is 0 Å². The molecule has 0 bridgehead atoms. The first-order valence-corrected chi connectivity index (χ1v) is 10.3. The molecule has 0 spiro atoms.